The van der Waals surface area contributed by atoms with Crippen LogP contribution in [0.15, 0.2) is 79.3 Å². The number of nitrogens with one attached hydrogen (secondary N) is 1. The van der Waals surface area contributed by atoms with Crippen molar-refractivity contribution >= 4 is 49.9 Å². The molecule has 32 heavy (non-hydrogen) atoms. The van der Waals surface area contributed by atoms with E-state index >= 15 is 0 Å². The van der Waals surface area contributed by atoms with E-state index < -0.39 is 0 Å². The molecule has 0 bridgehead atoms. The molecule has 2 aromatic carbocycles. The summed E-state index contributed by atoms with van der Waals surface area (Å²) in [6.45, 7) is 0.534. The molecule has 1 N–H and O–H groups in total. The van der Waals surface area contributed by atoms with Gasteiger partial charge in [-0.1, -0.05) is 48.5 Å². The summed E-state index contributed by atoms with van der Waals surface area (Å²) in [5.41, 5.74) is 2.68. The Hall–Kier alpha value is -3.84. The van der Waals surface area contributed by atoms with E-state index in [1.165, 1.54) is 0 Å². The van der Waals surface area contributed by atoms with Gasteiger partial charge in [0.2, 0.25) is 5.91 Å². The van der Waals surface area contributed by atoms with Crippen LogP contribution in [-0.4, -0.2) is 34.5 Å². The van der Waals surface area contributed by atoms with Gasteiger partial charge in [-0.3, -0.25) is 9.78 Å². The van der Waals surface area contributed by atoms with E-state index in [4.69, 9.17) is 0 Å². The van der Waals surface area contributed by atoms with Crippen molar-refractivity contribution in [1.82, 2.24) is 15.0 Å². The highest BCUT2D eigenvalue weighted by Crippen LogP contribution is 2.35. The summed E-state index contributed by atoms with van der Waals surface area (Å²) in [6.07, 6.45) is 3.65. The van der Waals surface area contributed by atoms with Crippen molar-refractivity contribution in [2.24, 2.45) is 0 Å². The number of anilines is 2. The summed E-state index contributed by atoms with van der Waals surface area (Å²) in [6, 6.07) is 22.0. The lowest BCUT2D eigenvalue weighted by atomic mass is 10.2. The fourth-order valence-electron chi connectivity index (χ4n) is 3.68. The second kappa shape index (κ2) is 8.72. The van der Waals surface area contributed by atoms with Gasteiger partial charge in [-0.2, -0.15) is 0 Å². The smallest absolute Gasteiger partial charge is 0.226 e. The summed E-state index contributed by atoms with van der Waals surface area (Å²) in [5.74, 6) is 0.767. The molecule has 0 atom stereocenters. The summed E-state index contributed by atoms with van der Waals surface area (Å²) in [7, 11) is 1.95. The molecule has 0 aliphatic heterocycles. The molecule has 0 fully saturated rings. The van der Waals surface area contributed by atoms with Crippen molar-refractivity contribution in [3.05, 3.63) is 79.3 Å². The molecular weight excluding hydrogens is 418 g/mol. The van der Waals surface area contributed by atoms with E-state index in [2.05, 4.69) is 38.5 Å². The first-order valence-corrected chi connectivity index (χ1v) is 11.2. The first kappa shape index (κ1) is 20.1. The zero-order chi connectivity index (χ0) is 21.9. The molecule has 0 spiro atoms. The molecule has 0 saturated carbocycles. The van der Waals surface area contributed by atoms with Gasteiger partial charge < -0.3 is 10.2 Å². The number of thiophene rings is 1. The molecule has 7 heteroatoms. The van der Waals surface area contributed by atoms with Gasteiger partial charge in [-0.15, -0.1) is 11.3 Å². The quantitative estimate of drug-likeness (QED) is 0.385. The maximum Gasteiger partial charge on any atom is 0.226 e. The maximum absolute atomic E-state index is 12.6. The lowest BCUT2D eigenvalue weighted by Gasteiger charge is -2.18. The summed E-state index contributed by atoms with van der Waals surface area (Å²) in [4.78, 5) is 30.1. The Morgan fingerprint density at radius 2 is 1.84 bits per heavy atom. The SMILES string of the molecule is CN(CCC(=O)Nc1cccc2cccnc12)c1ncnc2sc(-c3ccccc3)cc12. The summed E-state index contributed by atoms with van der Waals surface area (Å²) in [5, 5.41) is 4.99. The molecule has 3 aromatic heterocycles. The first-order valence-electron chi connectivity index (χ1n) is 10.3. The van der Waals surface area contributed by atoms with Crippen LogP contribution in [0.1, 0.15) is 6.42 Å². The van der Waals surface area contributed by atoms with Crippen molar-refractivity contribution in [3.8, 4) is 10.4 Å². The number of amides is 1. The third kappa shape index (κ3) is 4.02. The Morgan fingerprint density at radius 1 is 1.00 bits per heavy atom. The van der Waals surface area contributed by atoms with Gasteiger partial charge in [0.15, 0.2) is 0 Å². The van der Waals surface area contributed by atoms with Crippen molar-refractivity contribution in [3.63, 3.8) is 0 Å². The van der Waals surface area contributed by atoms with Crippen molar-refractivity contribution in [1.29, 1.82) is 0 Å². The molecule has 6 nitrogen and oxygen atoms in total. The number of carbonyl (C=O) groups excluding carboxylic acids is 1. The maximum atomic E-state index is 12.6. The van der Waals surface area contributed by atoms with Crippen molar-refractivity contribution in [2.75, 3.05) is 23.8 Å². The van der Waals surface area contributed by atoms with Gasteiger partial charge in [0.1, 0.15) is 17.0 Å². The van der Waals surface area contributed by atoms with Gasteiger partial charge in [-0.05, 0) is 23.8 Å². The lowest BCUT2D eigenvalue weighted by Crippen LogP contribution is -2.25. The number of para-hydroxylation sites is 1. The first-order chi connectivity index (χ1) is 15.7. The monoisotopic (exact) mass is 439 g/mol. The number of carbonyl (C=O) groups is 1. The minimum absolute atomic E-state index is 0.0596. The van der Waals surface area contributed by atoms with Crippen LogP contribution >= 0.6 is 11.3 Å². The Morgan fingerprint density at radius 3 is 2.72 bits per heavy atom. The van der Waals surface area contributed by atoms with E-state index in [-0.39, 0.29) is 5.91 Å². The zero-order valence-electron chi connectivity index (χ0n) is 17.5. The zero-order valence-corrected chi connectivity index (χ0v) is 18.3. The third-order valence-electron chi connectivity index (χ3n) is 5.31. The van der Waals surface area contributed by atoms with Crippen LogP contribution in [0.2, 0.25) is 0 Å². The molecule has 3 heterocycles. The van der Waals surface area contributed by atoms with Gasteiger partial charge in [-0.25, -0.2) is 9.97 Å². The fraction of sp³-hybridized carbons (Fsp3) is 0.120. The molecule has 0 aliphatic carbocycles. The number of pyridine rings is 1. The second-order valence-electron chi connectivity index (χ2n) is 7.49. The van der Waals surface area contributed by atoms with Crippen LogP contribution < -0.4 is 10.2 Å². The highest BCUT2D eigenvalue weighted by Gasteiger charge is 2.14. The molecule has 0 radical (unpaired) electrons. The minimum atomic E-state index is -0.0596. The topological polar surface area (TPSA) is 71.0 Å². The predicted octanol–water partition coefficient (Wildman–Crippen LogP) is 5.37. The number of benzene rings is 2. The average Bonchev–Trinajstić information content (AvgIpc) is 3.28. The number of aromatic nitrogens is 3. The molecule has 5 aromatic rings. The Bertz CT molecular complexity index is 1390. The number of rotatable bonds is 6. The number of nitrogens with zero attached hydrogens (tertiary/aromatic N) is 4. The molecular formula is C25H21N5OS. The van der Waals surface area contributed by atoms with Crippen molar-refractivity contribution in [2.45, 2.75) is 6.42 Å². The van der Waals surface area contributed by atoms with Crippen LogP contribution in [0.25, 0.3) is 31.6 Å². The Balaban J connectivity index is 1.31. The summed E-state index contributed by atoms with van der Waals surface area (Å²) < 4.78 is 0. The molecule has 5 rings (SSSR count). The van der Waals surface area contributed by atoms with Gasteiger partial charge in [0, 0.05) is 36.5 Å². The fourth-order valence-corrected chi connectivity index (χ4v) is 4.68. The van der Waals surface area contributed by atoms with Crippen LogP contribution in [0.5, 0.6) is 0 Å². The summed E-state index contributed by atoms with van der Waals surface area (Å²) >= 11 is 1.65. The highest BCUT2D eigenvalue weighted by atomic mass is 32.1. The van der Waals surface area contributed by atoms with E-state index in [0.717, 1.165) is 43.1 Å². The normalized spacial score (nSPS) is 11.0. The van der Waals surface area contributed by atoms with Gasteiger partial charge in [0.05, 0.1) is 16.6 Å². The van der Waals surface area contributed by atoms with Crippen LogP contribution in [0, 0.1) is 0 Å². The van der Waals surface area contributed by atoms with Gasteiger partial charge >= 0.3 is 0 Å². The van der Waals surface area contributed by atoms with Crippen molar-refractivity contribution < 1.29 is 4.79 Å². The van der Waals surface area contributed by atoms with E-state index in [0.29, 0.717) is 13.0 Å². The third-order valence-corrected chi connectivity index (χ3v) is 6.40. The Labute approximate surface area is 189 Å². The van der Waals surface area contributed by atoms with Gasteiger partial charge in [0.25, 0.3) is 0 Å². The molecule has 1 amide bonds. The largest absolute Gasteiger partial charge is 0.359 e. The number of hydrogen-bond donors (Lipinski definition) is 1. The molecule has 0 saturated heterocycles. The number of fused-ring (bicyclic) bond motifs is 2. The van der Waals surface area contributed by atoms with E-state index in [1.807, 2.05) is 60.5 Å². The average molecular weight is 440 g/mol. The van der Waals surface area contributed by atoms with Crippen LogP contribution in [-0.2, 0) is 4.79 Å². The minimum Gasteiger partial charge on any atom is -0.359 e. The highest BCUT2D eigenvalue weighted by molar-refractivity contribution is 7.21. The second-order valence-corrected chi connectivity index (χ2v) is 8.52. The standard InChI is InChI=1S/C25H21N5OS/c1-30(14-12-22(31)29-20-11-5-9-18-10-6-13-26-23(18)20)24-19-15-21(17-7-3-2-4-8-17)32-25(19)28-16-27-24/h2-11,13,15-16H,12,14H2,1H3,(H,29,31). The van der Waals surface area contributed by atoms with Crippen LogP contribution in [0.4, 0.5) is 11.5 Å². The number of hydrogen-bond acceptors (Lipinski definition) is 6. The molecule has 158 valence electrons. The van der Waals surface area contributed by atoms with Crippen LogP contribution in [0.3, 0.4) is 0 Å². The van der Waals surface area contributed by atoms with E-state index in [1.54, 1.807) is 23.9 Å². The molecule has 0 aliphatic rings. The predicted molar refractivity (Wildman–Crippen MR) is 131 cm³/mol. The van der Waals surface area contributed by atoms with E-state index in [9.17, 15) is 4.79 Å². The molecule has 0 unspecified atom stereocenters. The Kier molecular flexibility index (Phi) is 5.47. The lowest BCUT2D eigenvalue weighted by molar-refractivity contribution is -0.116.